The van der Waals surface area contributed by atoms with E-state index in [0.717, 1.165) is 17.5 Å². The van der Waals surface area contributed by atoms with Crippen LogP contribution in [0.3, 0.4) is 0 Å². The summed E-state index contributed by atoms with van der Waals surface area (Å²) < 4.78 is 1.82. The summed E-state index contributed by atoms with van der Waals surface area (Å²) in [5.74, 6) is 0. The largest absolute Gasteiger partial charge is 0.298 e. The lowest BCUT2D eigenvalue weighted by Crippen LogP contribution is -2.00. The molecular weight excluding hydrogens is 260 g/mol. The Morgan fingerprint density at radius 3 is 2.43 bits per heavy atom. The number of carbonyl (C=O) groups is 1. The number of hydrogen-bond acceptors (Lipinski definition) is 2. The zero-order valence-electron chi connectivity index (χ0n) is 11.9. The molecule has 0 saturated carbocycles. The van der Waals surface area contributed by atoms with Gasteiger partial charge in [-0.15, -0.1) is 0 Å². The van der Waals surface area contributed by atoms with Crippen LogP contribution in [0.25, 0.3) is 11.3 Å². The summed E-state index contributed by atoms with van der Waals surface area (Å²) in [4.78, 5) is 11.3. The molecule has 0 unspecified atom stereocenters. The number of aldehydes is 1. The van der Waals surface area contributed by atoms with Crippen molar-refractivity contribution in [1.29, 1.82) is 0 Å². The van der Waals surface area contributed by atoms with Crippen molar-refractivity contribution < 1.29 is 4.79 Å². The Morgan fingerprint density at radius 1 is 1.05 bits per heavy atom. The number of benzene rings is 2. The van der Waals surface area contributed by atoms with Crippen LogP contribution in [0.4, 0.5) is 0 Å². The maximum absolute atomic E-state index is 11.3. The molecule has 3 nitrogen and oxygen atoms in total. The van der Waals surface area contributed by atoms with Gasteiger partial charge in [0.15, 0.2) is 6.29 Å². The first-order valence-electron chi connectivity index (χ1n) is 6.90. The summed E-state index contributed by atoms with van der Waals surface area (Å²) in [5, 5.41) is 4.55. The number of carbonyl (C=O) groups excluding carboxylic acids is 1. The molecule has 1 aromatic heterocycles. The average Bonchev–Trinajstić information content (AvgIpc) is 2.93. The molecule has 0 N–H and O–H groups in total. The lowest BCUT2D eigenvalue weighted by atomic mass is 10.1. The first kappa shape index (κ1) is 13.3. The molecule has 21 heavy (non-hydrogen) atoms. The van der Waals surface area contributed by atoms with Crippen LogP contribution in [0.1, 0.15) is 21.5 Å². The third-order valence-electron chi connectivity index (χ3n) is 3.43. The highest BCUT2D eigenvalue weighted by atomic mass is 16.1. The number of hydrogen-bond donors (Lipinski definition) is 0. The Morgan fingerprint density at radius 2 is 1.76 bits per heavy atom. The zero-order chi connectivity index (χ0) is 14.7. The lowest BCUT2D eigenvalue weighted by Gasteiger charge is -2.02. The molecular formula is C18H16N2O. The number of rotatable bonds is 4. The van der Waals surface area contributed by atoms with Crippen LogP contribution in [0, 0.1) is 6.92 Å². The molecule has 3 heteroatoms. The van der Waals surface area contributed by atoms with Crippen LogP contribution in [-0.2, 0) is 6.54 Å². The van der Waals surface area contributed by atoms with E-state index in [2.05, 4.69) is 36.3 Å². The maximum atomic E-state index is 11.3. The van der Waals surface area contributed by atoms with Crippen molar-refractivity contribution >= 4 is 6.29 Å². The molecule has 0 aliphatic carbocycles. The molecule has 0 amide bonds. The normalized spacial score (nSPS) is 10.5. The van der Waals surface area contributed by atoms with E-state index < -0.39 is 0 Å². The van der Waals surface area contributed by atoms with E-state index in [1.54, 1.807) is 6.20 Å². The third kappa shape index (κ3) is 2.92. The van der Waals surface area contributed by atoms with Gasteiger partial charge < -0.3 is 0 Å². The first-order valence-corrected chi connectivity index (χ1v) is 6.90. The molecule has 2 aromatic carbocycles. The predicted molar refractivity (Wildman–Crippen MR) is 83.3 cm³/mol. The second kappa shape index (κ2) is 5.75. The van der Waals surface area contributed by atoms with Gasteiger partial charge in [-0.25, -0.2) is 0 Å². The van der Waals surface area contributed by atoms with Gasteiger partial charge in [0.25, 0.3) is 0 Å². The molecule has 0 fully saturated rings. The molecule has 1 heterocycles. The first-order chi connectivity index (χ1) is 10.3. The Bertz CT molecular complexity index is 743. The number of nitrogens with zero attached hydrogens (tertiary/aromatic N) is 2. The van der Waals surface area contributed by atoms with E-state index in [1.807, 2.05) is 35.0 Å². The Kier molecular flexibility index (Phi) is 3.65. The van der Waals surface area contributed by atoms with E-state index >= 15 is 0 Å². The van der Waals surface area contributed by atoms with Gasteiger partial charge in [0.05, 0.1) is 12.1 Å². The molecule has 0 aliphatic rings. The quantitative estimate of drug-likeness (QED) is 0.681. The third-order valence-corrected chi connectivity index (χ3v) is 3.43. The van der Waals surface area contributed by atoms with Gasteiger partial charge in [-0.2, -0.15) is 5.10 Å². The molecule has 0 saturated heterocycles. The lowest BCUT2D eigenvalue weighted by molar-refractivity contribution is 0.112. The second-order valence-electron chi connectivity index (χ2n) is 5.10. The fraction of sp³-hybridized carbons (Fsp3) is 0.111. The molecule has 104 valence electrons. The smallest absolute Gasteiger partial charge is 0.153 e. The van der Waals surface area contributed by atoms with Gasteiger partial charge in [0, 0.05) is 11.8 Å². The van der Waals surface area contributed by atoms with Crippen molar-refractivity contribution in [2.24, 2.45) is 0 Å². The summed E-state index contributed by atoms with van der Waals surface area (Å²) in [6.45, 7) is 2.73. The van der Waals surface area contributed by atoms with Crippen LogP contribution in [-0.4, -0.2) is 16.1 Å². The Balaban J connectivity index is 1.92. The fourth-order valence-corrected chi connectivity index (χ4v) is 2.30. The van der Waals surface area contributed by atoms with Crippen LogP contribution in [0.2, 0.25) is 0 Å². The second-order valence-corrected chi connectivity index (χ2v) is 5.10. The Hall–Kier alpha value is -2.68. The fourth-order valence-electron chi connectivity index (χ4n) is 2.30. The molecule has 0 aliphatic heterocycles. The monoisotopic (exact) mass is 276 g/mol. The molecule has 3 aromatic rings. The highest BCUT2D eigenvalue weighted by Crippen LogP contribution is 2.21. The zero-order valence-corrected chi connectivity index (χ0v) is 11.9. The standard InChI is InChI=1S/C18H16N2O/c1-14-7-9-15(10-8-14)11-20-12-17(13-21)18(19-20)16-5-3-2-4-6-16/h2-10,12-13H,11H2,1H3. The van der Waals surface area contributed by atoms with Crippen LogP contribution in [0.5, 0.6) is 0 Å². The van der Waals surface area contributed by atoms with Gasteiger partial charge >= 0.3 is 0 Å². The van der Waals surface area contributed by atoms with E-state index in [0.29, 0.717) is 12.1 Å². The molecule has 0 bridgehead atoms. The number of aryl methyl sites for hydroxylation is 1. The van der Waals surface area contributed by atoms with Crippen molar-refractivity contribution in [1.82, 2.24) is 9.78 Å². The van der Waals surface area contributed by atoms with Crippen molar-refractivity contribution in [3.63, 3.8) is 0 Å². The summed E-state index contributed by atoms with van der Waals surface area (Å²) in [7, 11) is 0. The van der Waals surface area contributed by atoms with E-state index in [-0.39, 0.29) is 0 Å². The molecule has 0 spiro atoms. The van der Waals surface area contributed by atoms with Crippen molar-refractivity contribution in [3.8, 4) is 11.3 Å². The highest BCUT2D eigenvalue weighted by molar-refractivity contribution is 5.85. The van der Waals surface area contributed by atoms with E-state index in [4.69, 9.17) is 0 Å². The molecule has 3 rings (SSSR count). The summed E-state index contributed by atoms with van der Waals surface area (Å²) in [5.41, 5.74) is 4.71. The topological polar surface area (TPSA) is 34.9 Å². The average molecular weight is 276 g/mol. The van der Waals surface area contributed by atoms with Gasteiger partial charge in [-0.05, 0) is 12.5 Å². The maximum Gasteiger partial charge on any atom is 0.153 e. The summed E-state index contributed by atoms with van der Waals surface area (Å²) in [6, 6.07) is 18.1. The molecule has 0 radical (unpaired) electrons. The van der Waals surface area contributed by atoms with Gasteiger partial charge in [0.1, 0.15) is 5.69 Å². The van der Waals surface area contributed by atoms with E-state index in [9.17, 15) is 4.79 Å². The van der Waals surface area contributed by atoms with Crippen molar-refractivity contribution in [2.45, 2.75) is 13.5 Å². The van der Waals surface area contributed by atoms with Crippen molar-refractivity contribution in [3.05, 3.63) is 77.5 Å². The minimum absolute atomic E-state index is 0.619. The highest BCUT2D eigenvalue weighted by Gasteiger charge is 2.10. The van der Waals surface area contributed by atoms with Crippen LogP contribution in [0.15, 0.2) is 60.8 Å². The van der Waals surface area contributed by atoms with Gasteiger partial charge in [-0.1, -0.05) is 60.2 Å². The summed E-state index contributed by atoms with van der Waals surface area (Å²) >= 11 is 0. The molecule has 0 atom stereocenters. The minimum atomic E-state index is 0.619. The Labute approximate surface area is 123 Å². The van der Waals surface area contributed by atoms with E-state index in [1.165, 1.54) is 11.1 Å². The minimum Gasteiger partial charge on any atom is -0.298 e. The summed E-state index contributed by atoms with van der Waals surface area (Å²) in [6.07, 6.45) is 2.66. The van der Waals surface area contributed by atoms with Gasteiger partial charge in [0.2, 0.25) is 0 Å². The number of aromatic nitrogens is 2. The predicted octanol–water partition coefficient (Wildman–Crippen LogP) is 3.72. The van der Waals surface area contributed by atoms with Crippen molar-refractivity contribution in [2.75, 3.05) is 0 Å². The van der Waals surface area contributed by atoms with Crippen LogP contribution >= 0.6 is 0 Å². The van der Waals surface area contributed by atoms with Gasteiger partial charge in [-0.3, -0.25) is 9.48 Å². The van der Waals surface area contributed by atoms with Crippen LogP contribution < -0.4 is 0 Å². The SMILES string of the molecule is Cc1ccc(Cn2cc(C=O)c(-c3ccccc3)n2)cc1.